The quantitative estimate of drug-likeness (QED) is 0.621. The Labute approximate surface area is 156 Å². The van der Waals surface area contributed by atoms with Crippen LogP contribution in [0, 0.1) is 13.8 Å². The molecular formula is C20H19NO6. The molecule has 0 saturated carbocycles. The number of hydrogen-bond acceptors (Lipinski definition) is 6. The predicted molar refractivity (Wildman–Crippen MR) is 97.3 cm³/mol. The van der Waals surface area contributed by atoms with E-state index in [1.807, 2.05) is 26.0 Å². The molecule has 1 amide bonds. The molecule has 0 saturated heterocycles. The molecule has 0 radical (unpaired) electrons. The highest BCUT2D eigenvalue weighted by atomic mass is 16.6. The van der Waals surface area contributed by atoms with Crippen LogP contribution in [0.2, 0.25) is 0 Å². The molecular weight excluding hydrogens is 350 g/mol. The van der Waals surface area contributed by atoms with Crippen LogP contribution in [-0.4, -0.2) is 37.5 Å². The van der Waals surface area contributed by atoms with E-state index in [-0.39, 0.29) is 19.1 Å². The molecule has 1 heterocycles. The highest BCUT2D eigenvalue weighted by Crippen LogP contribution is 2.28. The molecule has 0 fully saturated rings. The van der Waals surface area contributed by atoms with Gasteiger partial charge in [0.15, 0.2) is 25.6 Å². The second-order valence-corrected chi connectivity index (χ2v) is 6.12. The maximum Gasteiger partial charge on any atom is 0.344 e. The van der Waals surface area contributed by atoms with E-state index >= 15 is 0 Å². The van der Waals surface area contributed by atoms with Gasteiger partial charge in [-0.2, -0.15) is 0 Å². The van der Waals surface area contributed by atoms with E-state index in [0.717, 1.165) is 11.1 Å². The minimum absolute atomic E-state index is 0.0572. The molecule has 1 aliphatic heterocycles. The van der Waals surface area contributed by atoms with Gasteiger partial charge in [0.2, 0.25) is 0 Å². The summed E-state index contributed by atoms with van der Waals surface area (Å²) >= 11 is 0. The van der Waals surface area contributed by atoms with Crippen molar-refractivity contribution in [1.82, 2.24) is 0 Å². The highest BCUT2D eigenvalue weighted by molar-refractivity contribution is 6.01. The van der Waals surface area contributed by atoms with Gasteiger partial charge in [-0.15, -0.1) is 0 Å². The number of rotatable bonds is 6. The minimum atomic E-state index is -0.640. The Bertz CT molecular complexity index is 905. The van der Waals surface area contributed by atoms with Crippen LogP contribution in [0.25, 0.3) is 0 Å². The normalized spacial score (nSPS) is 12.4. The fourth-order valence-corrected chi connectivity index (χ4v) is 2.54. The van der Waals surface area contributed by atoms with Crippen molar-refractivity contribution >= 4 is 23.3 Å². The van der Waals surface area contributed by atoms with Crippen LogP contribution >= 0.6 is 0 Å². The Morgan fingerprint density at radius 2 is 1.96 bits per heavy atom. The van der Waals surface area contributed by atoms with Crippen molar-refractivity contribution < 1.29 is 28.6 Å². The number of esters is 1. The molecule has 3 rings (SSSR count). The fourth-order valence-electron chi connectivity index (χ4n) is 2.54. The Hall–Kier alpha value is -3.35. The maximum absolute atomic E-state index is 12.2. The van der Waals surface area contributed by atoms with Crippen molar-refractivity contribution in [2.45, 2.75) is 13.8 Å². The zero-order chi connectivity index (χ0) is 19.4. The minimum Gasteiger partial charge on any atom is -0.482 e. The SMILES string of the molecule is Cc1cccc(OCC(=O)OCC(=O)c2ccc3c(c2)NC(=O)CO3)c1C. The zero-order valence-corrected chi connectivity index (χ0v) is 15.0. The van der Waals surface area contributed by atoms with Gasteiger partial charge in [0.25, 0.3) is 5.91 Å². The van der Waals surface area contributed by atoms with Crippen LogP contribution in [0.4, 0.5) is 5.69 Å². The molecule has 0 bridgehead atoms. The molecule has 1 aliphatic rings. The third-order valence-electron chi connectivity index (χ3n) is 4.20. The van der Waals surface area contributed by atoms with Crippen LogP contribution in [-0.2, 0) is 14.3 Å². The van der Waals surface area contributed by atoms with Gasteiger partial charge in [-0.1, -0.05) is 12.1 Å². The van der Waals surface area contributed by atoms with Crippen LogP contribution in [0.3, 0.4) is 0 Å². The summed E-state index contributed by atoms with van der Waals surface area (Å²) in [4.78, 5) is 35.4. The number of ketones is 1. The van der Waals surface area contributed by atoms with Crippen molar-refractivity contribution in [1.29, 1.82) is 0 Å². The lowest BCUT2D eigenvalue weighted by Crippen LogP contribution is -2.25. The van der Waals surface area contributed by atoms with Gasteiger partial charge in [-0.3, -0.25) is 9.59 Å². The number of nitrogens with one attached hydrogen (secondary N) is 1. The van der Waals surface area contributed by atoms with E-state index < -0.39 is 18.4 Å². The van der Waals surface area contributed by atoms with Gasteiger partial charge >= 0.3 is 5.97 Å². The third-order valence-corrected chi connectivity index (χ3v) is 4.20. The smallest absolute Gasteiger partial charge is 0.344 e. The van der Waals surface area contributed by atoms with E-state index in [2.05, 4.69) is 5.32 Å². The van der Waals surface area contributed by atoms with E-state index in [4.69, 9.17) is 14.2 Å². The first-order valence-corrected chi connectivity index (χ1v) is 8.38. The molecule has 0 atom stereocenters. The Kier molecular flexibility index (Phi) is 5.40. The van der Waals surface area contributed by atoms with Crippen molar-refractivity contribution in [2.24, 2.45) is 0 Å². The van der Waals surface area contributed by atoms with Crippen LogP contribution in [0.5, 0.6) is 11.5 Å². The molecule has 2 aromatic carbocycles. The molecule has 27 heavy (non-hydrogen) atoms. The number of aryl methyl sites for hydroxylation is 1. The van der Waals surface area contributed by atoms with Gasteiger partial charge in [0, 0.05) is 5.56 Å². The summed E-state index contributed by atoms with van der Waals surface area (Å²) in [7, 11) is 0. The lowest BCUT2D eigenvalue weighted by Gasteiger charge is -2.18. The summed E-state index contributed by atoms with van der Waals surface area (Å²) in [6, 6.07) is 10.2. The molecule has 7 nitrogen and oxygen atoms in total. The molecule has 0 aromatic heterocycles. The number of anilines is 1. The molecule has 140 valence electrons. The first-order valence-electron chi connectivity index (χ1n) is 8.38. The summed E-state index contributed by atoms with van der Waals surface area (Å²) in [5, 5.41) is 2.62. The number of Topliss-reactive ketones (excluding diaryl/α,β-unsaturated/α-hetero) is 1. The number of benzene rings is 2. The van der Waals surface area contributed by atoms with Gasteiger partial charge in [0.05, 0.1) is 5.69 Å². The summed E-state index contributed by atoms with van der Waals surface area (Å²) in [5.74, 6) is -0.229. The largest absolute Gasteiger partial charge is 0.482 e. The molecule has 0 spiro atoms. The van der Waals surface area contributed by atoms with Crippen molar-refractivity contribution in [3.8, 4) is 11.5 Å². The van der Waals surface area contributed by atoms with Gasteiger partial charge in [-0.05, 0) is 49.2 Å². The average Bonchev–Trinajstić information content (AvgIpc) is 2.66. The standard InChI is InChI=1S/C20H19NO6/c1-12-4-3-5-17(13(12)2)26-11-20(24)27-9-16(22)14-6-7-18-15(8-14)21-19(23)10-25-18/h3-8H,9-11H2,1-2H3,(H,21,23). The number of amides is 1. The maximum atomic E-state index is 12.2. The van der Waals surface area contributed by atoms with Crippen LogP contribution in [0.15, 0.2) is 36.4 Å². The van der Waals surface area contributed by atoms with Crippen molar-refractivity contribution in [2.75, 3.05) is 25.1 Å². The second kappa shape index (κ2) is 7.90. The summed E-state index contributed by atoms with van der Waals surface area (Å²) in [6.45, 7) is 3.09. The fraction of sp³-hybridized carbons (Fsp3) is 0.250. The number of fused-ring (bicyclic) bond motifs is 1. The first kappa shape index (κ1) is 18.4. The summed E-state index contributed by atoms with van der Waals surface area (Å²) in [5.41, 5.74) is 2.73. The monoisotopic (exact) mass is 369 g/mol. The summed E-state index contributed by atoms with van der Waals surface area (Å²) < 4.78 is 15.7. The molecule has 0 unspecified atom stereocenters. The van der Waals surface area contributed by atoms with E-state index in [0.29, 0.717) is 22.7 Å². The van der Waals surface area contributed by atoms with Gasteiger partial charge in [-0.25, -0.2) is 4.79 Å². The molecule has 2 aromatic rings. The highest BCUT2D eigenvalue weighted by Gasteiger charge is 2.18. The van der Waals surface area contributed by atoms with Crippen molar-refractivity contribution in [3.63, 3.8) is 0 Å². The van der Waals surface area contributed by atoms with Gasteiger partial charge in [0.1, 0.15) is 11.5 Å². The Morgan fingerprint density at radius 1 is 1.15 bits per heavy atom. The van der Waals surface area contributed by atoms with Gasteiger partial charge < -0.3 is 19.5 Å². The second-order valence-electron chi connectivity index (χ2n) is 6.12. The molecule has 0 aliphatic carbocycles. The Balaban J connectivity index is 1.53. The number of hydrogen-bond donors (Lipinski definition) is 1. The van der Waals surface area contributed by atoms with Crippen LogP contribution < -0.4 is 14.8 Å². The van der Waals surface area contributed by atoms with Crippen molar-refractivity contribution in [3.05, 3.63) is 53.1 Å². The average molecular weight is 369 g/mol. The number of carbonyl (C=O) groups is 3. The first-order chi connectivity index (χ1) is 12.9. The predicted octanol–water partition coefficient (Wildman–Crippen LogP) is 2.44. The lowest BCUT2D eigenvalue weighted by atomic mass is 10.1. The molecule has 7 heteroatoms. The number of carbonyl (C=O) groups excluding carboxylic acids is 3. The van der Waals surface area contributed by atoms with E-state index in [1.165, 1.54) is 6.07 Å². The summed E-state index contributed by atoms with van der Waals surface area (Å²) in [6.07, 6.45) is 0. The topological polar surface area (TPSA) is 90.9 Å². The molecule has 1 N–H and O–H groups in total. The third kappa shape index (κ3) is 4.44. The Morgan fingerprint density at radius 3 is 2.78 bits per heavy atom. The lowest BCUT2D eigenvalue weighted by molar-refractivity contribution is -0.144. The van der Waals surface area contributed by atoms with E-state index in [1.54, 1.807) is 18.2 Å². The van der Waals surface area contributed by atoms with E-state index in [9.17, 15) is 14.4 Å². The van der Waals surface area contributed by atoms with Crippen LogP contribution in [0.1, 0.15) is 21.5 Å². The number of ether oxygens (including phenoxy) is 3. The zero-order valence-electron chi connectivity index (χ0n) is 15.0.